The lowest BCUT2D eigenvalue weighted by Gasteiger charge is -2.26. The van der Waals surface area contributed by atoms with Gasteiger partial charge in [0.2, 0.25) is 15.9 Å². The third-order valence-electron chi connectivity index (χ3n) is 7.06. The molecule has 0 bridgehead atoms. The summed E-state index contributed by atoms with van der Waals surface area (Å²) in [6.07, 6.45) is 0. The van der Waals surface area contributed by atoms with Crippen molar-refractivity contribution in [2.75, 3.05) is 44.8 Å². The largest absolute Gasteiger partial charge is 0.486 e. The molecular weight excluding hydrogens is 590 g/mol. The maximum Gasteiger partial charge on any atom is 0.243 e. The van der Waals surface area contributed by atoms with Gasteiger partial charge in [0.1, 0.15) is 13.2 Å². The molecule has 6 rings (SSSR count). The topological polar surface area (TPSA) is 125 Å². The van der Waals surface area contributed by atoms with Crippen molar-refractivity contribution in [3.05, 3.63) is 78.4 Å². The molecule has 0 unspecified atom stereocenters. The Balaban J connectivity index is 1.26. The highest BCUT2D eigenvalue weighted by Crippen LogP contribution is 2.34. The summed E-state index contributed by atoms with van der Waals surface area (Å²) in [7, 11) is -3.70. The first-order chi connectivity index (χ1) is 20.9. The number of hydrogen-bond acceptors (Lipinski definition) is 9. The number of rotatable bonds is 9. The molecule has 43 heavy (non-hydrogen) atoms. The van der Waals surface area contributed by atoms with Crippen molar-refractivity contribution < 1.29 is 27.4 Å². The van der Waals surface area contributed by atoms with E-state index in [1.54, 1.807) is 43.3 Å². The van der Waals surface area contributed by atoms with Crippen LogP contribution in [0.2, 0.25) is 0 Å². The number of hydrogen-bond donors (Lipinski definition) is 1. The minimum atomic E-state index is -3.70. The van der Waals surface area contributed by atoms with Crippen LogP contribution in [0.5, 0.6) is 11.5 Å². The Morgan fingerprint density at radius 1 is 0.930 bits per heavy atom. The lowest BCUT2D eigenvalue weighted by molar-refractivity contribution is -0.115. The summed E-state index contributed by atoms with van der Waals surface area (Å²) < 4.78 is 46.6. The van der Waals surface area contributed by atoms with E-state index in [9.17, 15) is 13.2 Å². The Bertz CT molecular complexity index is 1710. The Morgan fingerprint density at radius 2 is 1.70 bits per heavy atom. The molecule has 0 saturated carbocycles. The third kappa shape index (κ3) is 6.54. The molecule has 1 N–H and O–H groups in total. The number of carbonyl (C=O) groups excluding carboxylic acids is 1. The smallest absolute Gasteiger partial charge is 0.243 e. The van der Waals surface area contributed by atoms with Gasteiger partial charge in [-0.2, -0.15) is 4.31 Å². The number of morpholine rings is 1. The number of carbonyl (C=O) groups is 1. The zero-order valence-electron chi connectivity index (χ0n) is 23.5. The van der Waals surface area contributed by atoms with Gasteiger partial charge in [-0.1, -0.05) is 54.2 Å². The fraction of sp³-hybridized carbons (Fsp3) is 0.300. The molecule has 0 aliphatic carbocycles. The van der Waals surface area contributed by atoms with Crippen LogP contribution in [0.3, 0.4) is 0 Å². The normalized spacial score (nSPS) is 16.0. The molecule has 13 heteroatoms. The van der Waals surface area contributed by atoms with E-state index in [0.717, 1.165) is 5.56 Å². The molecule has 1 amide bonds. The van der Waals surface area contributed by atoms with Crippen LogP contribution in [0.15, 0.2) is 82.8 Å². The van der Waals surface area contributed by atoms with Crippen molar-refractivity contribution >= 4 is 33.4 Å². The molecular formula is C30H31N5O6S2. The third-order valence-corrected chi connectivity index (χ3v) is 10.0. The molecule has 224 valence electrons. The molecule has 3 aromatic carbocycles. The zero-order chi connectivity index (χ0) is 29.8. The number of nitrogens with zero attached hydrogens (tertiary/aromatic N) is 4. The lowest BCUT2D eigenvalue weighted by atomic mass is 10.2. The van der Waals surface area contributed by atoms with Crippen LogP contribution < -0.4 is 14.8 Å². The van der Waals surface area contributed by atoms with Crippen LogP contribution in [0.25, 0.3) is 11.4 Å². The number of amides is 1. The van der Waals surface area contributed by atoms with E-state index in [-0.39, 0.29) is 10.8 Å². The van der Waals surface area contributed by atoms with Crippen molar-refractivity contribution in [1.29, 1.82) is 0 Å². The van der Waals surface area contributed by atoms with E-state index >= 15 is 0 Å². The number of ether oxygens (including phenoxy) is 3. The van der Waals surface area contributed by atoms with E-state index in [1.165, 1.54) is 16.1 Å². The molecule has 1 fully saturated rings. The molecule has 2 aliphatic rings. The highest BCUT2D eigenvalue weighted by Gasteiger charge is 2.28. The standard InChI is InChI=1S/C30H31N5O6S2/c1-21(29(36)31-24-10-11-26-27(19-24)41-17-16-40-26)42-30-33-32-28(35(30)20-22-6-3-2-4-7-22)23-8-5-9-25(18-23)43(37,38)34-12-14-39-15-13-34/h2-11,18-19,21H,12-17,20H2,1H3,(H,31,36)/t21-/m1/s1. The number of anilines is 1. The first-order valence-electron chi connectivity index (χ1n) is 13.9. The van der Waals surface area contributed by atoms with Gasteiger partial charge >= 0.3 is 0 Å². The Kier molecular flexibility index (Phi) is 8.66. The fourth-order valence-corrected chi connectivity index (χ4v) is 7.11. The Morgan fingerprint density at radius 3 is 2.49 bits per heavy atom. The highest BCUT2D eigenvalue weighted by atomic mass is 32.2. The van der Waals surface area contributed by atoms with Crippen molar-refractivity contribution in [1.82, 2.24) is 19.1 Å². The van der Waals surface area contributed by atoms with Gasteiger partial charge in [-0.05, 0) is 36.8 Å². The summed E-state index contributed by atoms with van der Waals surface area (Å²) in [6, 6.07) is 21.9. The van der Waals surface area contributed by atoms with E-state index < -0.39 is 15.3 Å². The van der Waals surface area contributed by atoms with Crippen LogP contribution in [0.1, 0.15) is 12.5 Å². The SMILES string of the molecule is C[C@@H](Sc1nnc(-c2cccc(S(=O)(=O)N3CCOCC3)c2)n1Cc1ccccc1)C(=O)Nc1ccc2c(c1)OCCO2. The highest BCUT2D eigenvalue weighted by molar-refractivity contribution is 8.00. The number of thioether (sulfide) groups is 1. The summed E-state index contributed by atoms with van der Waals surface area (Å²) in [5, 5.41) is 11.9. The maximum atomic E-state index is 13.4. The molecule has 11 nitrogen and oxygen atoms in total. The van der Waals surface area contributed by atoms with Gasteiger partial charge < -0.3 is 19.5 Å². The Labute approximate surface area is 254 Å². The van der Waals surface area contributed by atoms with E-state index in [0.29, 0.717) is 79.8 Å². The van der Waals surface area contributed by atoms with Crippen LogP contribution in [0.4, 0.5) is 5.69 Å². The fourth-order valence-electron chi connectivity index (χ4n) is 4.81. The molecule has 2 aliphatic heterocycles. The lowest BCUT2D eigenvalue weighted by Crippen LogP contribution is -2.40. The van der Waals surface area contributed by atoms with Gasteiger partial charge in [-0.25, -0.2) is 8.42 Å². The minimum Gasteiger partial charge on any atom is -0.486 e. The van der Waals surface area contributed by atoms with E-state index in [1.807, 2.05) is 41.0 Å². The summed E-state index contributed by atoms with van der Waals surface area (Å²) in [5.41, 5.74) is 2.22. The van der Waals surface area contributed by atoms with Gasteiger partial charge in [0.15, 0.2) is 22.5 Å². The van der Waals surface area contributed by atoms with Crippen molar-refractivity contribution in [3.8, 4) is 22.9 Å². The van der Waals surface area contributed by atoms with Crippen molar-refractivity contribution in [2.45, 2.75) is 28.8 Å². The van der Waals surface area contributed by atoms with Gasteiger partial charge in [0.05, 0.1) is 29.9 Å². The molecule has 1 saturated heterocycles. The number of sulfonamides is 1. The molecule has 0 radical (unpaired) electrons. The number of benzene rings is 3. The summed E-state index contributed by atoms with van der Waals surface area (Å²) >= 11 is 1.27. The number of fused-ring (bicyclic) bond motifs is 1. The average molecular weight is 622 g/mol. The first-order valence-corrected chi connectivity index (χ1v) is 16.2. The van der Waals surface area contributed by atoms with Gasteiger partial charge in [0.25, 0.3) is 0 Å². The van der Waals surface area contributed by atoms with Crippen LogP contribution >= 0.6 is 11.8 Å². The molecule has 0 spiro atoms. The van der Waals surface area contributed by atoms with E-state index in [2.05, 4.69) is 15.5 Å². The van der Waals surface area contributed by atoms with Gasteiger partial charge in [0, 0.05) is 30.4 Å². The molecule has 1 atom stereocenters. The second-order valence-corrected chi connectivity index (χ2v) is 13.3. The monoisotopic (exact) mass is 621 g/mol. The maximum absolute atomic E-state index is 13.4. The average Bonchev–Trinajstić information content (AvgIpc) is 3.43. The predicted molar refractivity (Wildman–Crippen MR) is 162 cm³/mol. The van der Waals surface area contributed by atoms with Crippen molar-refractivity contribution in [3.63, 3.8) is 0 Å². The van der Waals surface area contributed by atoms with Crippen LogP contribution in [0, 0.1) is 0 Å². The molecule has 1 aromatic heterocycles. The van der Waals surface area contributed by atoms with E-state index in [4.69, 9.17) is 14.2 Å². The second-order valence-electron chi connectivity index (χ2n) is 10.0. The van der Waals surface area contributed by atoms with Crippen LogP contribution in [-0.4, -0.2) is 78.2 Å². The summed E-state index contributed by atoms with van der Waals surface area (Å²) in [4.78, 5) is 13.4. The zero-order valence-corrected chi connectivity index (χ0v) is 25.1. The first kappa shape index (κ1) is 29.2. The number of aromatic nitrogens is 3. The van der Waals surface area contributed by atoms with Gasteiger partial charge in [-0.3, -0.25) is 9.36 Å². The second kappa shape index (κ2) is 12.8. The number of nitrogens with one attached hydrogen (secondary N) is 1. The molecule has 4 aromatic rings. The molecule has 3 heterocycles. The van der Waals surface area contributed by atoms with Crippen LogP contribution in [-0.2, 0) is 26.1 Å². The summed E-state index contributed by atoms with van der Waals surface area (Å²) in [5.74, 6) is 1.53. The quantitative estimate of drug-likeness (QED) is 0.277. The van der Waals surface area contributed by atoms with Crippen molar-refractivity contribution in [2.24, 2.45) is 0 Å². The minimum absolute atomic E-state index is 0.183. The predicted octanol–water partition coefficient (Wildman–Crippen LogP) is 3.90. The summed E-state index contributed by atoms with van der Waals surface area (Å²) in [6.45, 7) is 4.53. The Hall–Kier alpha value is -3.91. The van der Waals surface area contributed by atoms with Gasteiger partial charge in [-0.15, -0.1) is 10.2 Å².